The van der Waals surface area contributed by atoms with E-state index in [1.807, 2.05) is 12.1 Å². The molecular weight excluding hydrogens is 598 g/mol. The average Bonchev–Trinajstić information content (AvgIpc) is 2.86. The third kappa shape index (κ3) is 6.33. The van der Waals surface area contributed by atoms with Gasteiger partial charge in [-0.1, -0.05) is 67.1 Å². The molecule has 0 amide bonds. The lowest BCUT2D eigenvalue weighted by molar-refractivity contribution is -0.387. The Balaban J connectivity index is 1.66. The number of hydrogen-bond donors (Lipinski definition) is 0. The van der Waals surface area contributed by atoms with Crippen LogP contribution >= 0.6 is 15.9 Å². The summed E-state index contributed by atoms with van der Waals surface area (Å²) in [7, 11) is -4.97. The highest BCUT2D eigenvalue weighted by Crippen LogP contribution is 2.45. The molecule has 11 heteroatoms. The van der Waals surface area contributed by atoms with Gasteiger partial charge in [-0.2, -0.15) is 4.31 Å². The van der Waals surface area contributed by atoms with E-state index in [4.69, 9.17) is 4.74 Å². The second kappa shape index (κ2) is 12.1. The summed E-state index contributed by atoms with van der Waals surface area (Å²) in [4.78, 5) is 13.2. The maximum Gasteiger partial charge on any atom is 0.289 e. The van der Waals surface area contributed by atoms with Crippen LogP contribution in [-0.4, -0.2) is 75.8 Å². The Hall–Kier alpha value is -1.63. The molecule has 1 unspecified atom stereocenters. The van der Waals surface area contributed by atoms with Crippen molar-refractivity contribution in [2.24, 2.45) is 0 Å². The minimum absolute atomic E-state index is 0.0555. The third-order valence-corrected chi connectivity index (χ3v) is 14.5. The Morgan fingerprint density at radius 3 is 2.46 bits per heavy atom. The minimum atomic E-state index is -4.06. The fourth-order valence-electron chi connectivity index (χ4n) is 5.76. The molecular formula is C28H40BrN3O5SSi. The number of sulfonamides is 1. The van der Waals surface area contributed by atoms with E-state index in [1.54, 1.807) is 6.07 Å². The van der Waals surface area contributed by atoms with Gasteiger partial charge < -0.3 is 4.74 Å². The van der Waals surface area contributed by atoms with Crippen molar-refractivity contribution in [1.29, 1.82) is 0 Å². The van der Waals surface area contributed by atoms with Crippen molar-refractivity contribution in [3.8, 4) is 0 Å². The molecule has 0 spiro atoms. The first-order valence-electron chi connectivity index (χ1n) is 13.7. The molecule has 39 heavy (non-hydrogen) atoms. The molecule has 2 aliphatic rings. The van der Waals surface area contributed by atoms with Crippen molar-refractivity contribution < 1.29 is 18.1 Å². The summed E-state index contributed by atoms with van der Waals surface area (Å²) < 4.78 is 36.5. The fraction of sp³-hybridized carbons (Fsp3) is 0.571. The maximum absolute atomic E-state index is 13.8. The SMILES string of the molecule is CC1CCCN(S(=O)(=O)c2ccccc2[N+](=O)[O-])C[C@H]2[C@@H](c3ccc(Br)cc3)[C@@H](COCC(C)(C)[SiH](C)C)N12. The van der Waals surface area contributed by atoms with E-state index < -0.39 is 23.7 Å². The largest absolute Gasteiger partial charge is 0.380 e. The molecule has 2 aliphatic heterocycles. The molecule has 0 aliphatic carbocycles. The van der Waals surface area contributed by atoms with Crippen LogP contribution in [0.4, 0.5) is 5.69 Å². The lowest BCUT2D eigenvalue weighted by Crippen LogP contribution is -2.70. The Morgan fingerprint density at radius 2 is 1.82 bits per heavy atom. The quantitative estimate of drug-likeness (QED) is 0.200. The third-order valence-electron chi connectivity index (χ3n) is 8.78. The summed E-state index contributed by atoms with van der Waals surface area (Å²) in [6, 6.07) is 14.3. The summed E-state index contributed by atoms with van der Waals surface area (Å²) in [6.45, 7) is 13.4. The standard InChI is InChI=1S/C28H40BrN3O5SSi/c1-20-9-8-16-30(38(35,36)26-11-7-6-10-23(26)32(33)34)17-24-27(21-12-14-22(29)15-13-21)25(31(20)24)18-37-19-28(2,3)39(4)5/h6-7,10-15,20,24-25,27,39H,8-9,16-19H2,1-5H3/t20?,24-,25+,27+/m0/s1. The molecule has 0 N–H and O–H groups in total. The zero-order chi connectivity index (χ0) is 28.5. The van der Waals surface area contributed by atoms with Crippen LogP contribution in [0, 0.1) is 10.1 Å². The van der Waals surface area contributed by atoms with Crippen LogP contribution in [0.5, 0.6) is 0 Å². The molecule has 2 fully saturated rings. The van der Waals surface area contributed by atoms with Gasteiger partial charge in [0.25, 0.3) is 5.69 Å². The minimum Gasteiger partial charge on any atom is -0.380 e. The predicted molar refractivity (Wildman–Crippen MR) is 161 cm³/mol. The van der Waals surface area contributed by atoms with Gasteiger partial charge in [-0.15, -0.1) is 0 Å². The molecule has 2 aromatic carbocycles. The number of nitro benzene ring substituents is 1. The van der Waals surface area contributed by atoms with Crippen LogP contribution in [-0.2, 0) is 14.8 Å². The number of ether oxygens (including phenoxy) is 1. The first kappa shape index (κ1) is 30.3. The Labute approximate surface area is 242 Å². The van der Waals surface area contributed by atoms with Gasteiger partial charge in [0.2, 0.25) is 10.0 Å². The van der Waals surface area contributed by atoms with Gasteiger partial charge in [0.1, 0.15) is 0 Å². The van der Waals surface area contributed by atoms with Crippen LogP contribution in [0.25, 0.3) is 0 Å². The topological polar surface area (TPSA) is 93.0 Å². The van der Waals surface area contributed by atoms with E-state index >= 15 is 0 Å². The van der Waals surface area contributed by atoms with Crippen molar-refractivity contribution in [2.75, 3.05) is 26.3 Å². The van der Waals surface area contributed by atoms with Crippen molar-refractivity contribution in [3.63, 3.8) is 0 Å². The number of halogens is 1. The molecule has 214 valence electrons. The number of fused-ring (bicyclic) bond motifs is 1. The Morgan fingerprint density at radius 1 is 1.15 bits per heavy atom. The average molecular weight is 639 g/mol. The Bertz CT molecular complexity index is 1270. The van der Waals surface area contributed by atoms with Crippen molar-refractivity contribution in [3.05, 3.63) is 68.7 Å². The number of rotatable bonds is 9. The van der Waals surface area contributed by atoms with E-state index in [1.165, 1.54) is 22.5 Å². The molecule has 8 nitrogen and oxygen atoms in total. The molecule has 4 rings (SSSR count). The highest BCUT2D eigenvalue weighted by atomic mass is 79.9. The molecule has 2 heterocycles. The lowest BCUT2D eigenvalue weighted by atomic mass is 9.73. The molecule has 0 saturated carbocycles. The summed E-state index contributed by atoms with van der Waals surface area (Å²) in [5.74, 6) is 0.0847. The summed E-state index contributed by atoms with van der Waals surface area (Å²) >= 11 is 3.53. The highest BCUT2D eigenvalue weighted by Gasteiger charge is 2.53. The van der Waals surface area contributed by atoms with Crippen LogP contribution in [0.1, 0.15) is 45.1 Å². The first-order valence-corrected chi connectivity index (χ1v) is 18.8. The predicted octanol–water partition coefficient (Wildman–Crippen LogP) is 5.65. The molecule has 0 bridgehead atoms. The van der Waals surface area contributed by atoms with Crippen molar-refractivity contribution in [2.45, 2.75) is 80.7 Å². The molecule has 0 aromatic heterocycles. The van der Waals surface area contributed by atoms with Crippen LogP contribution in [0.15, 0.2) is 57.9 Å². The molecule has 0 radical (unpaired) electrons. The monoisotopic (exact) mass is 637 g/mol. The van der Waals surface area contributed by atoms with Crippen molar-refractivity contribution in [1.82, 2.24) is 9.21 Å². The highest BCUT2D eigenvalue weighted by molar-refractivity contribution is 9.10. The number of hydrogen-bond acceptors (Lipinski definition) is 6. The summed E-state index contributed by atoms with van der Waals surface area (Å²) in [5.41, 5.74) is 0.770. The zero-order valence-corrected chi connectivity index (χ0v) is 27.0. The van der Waals surface area contributed by atoms with Gasteiger partial charge >= 0.3 is 0 Å². The van der Waals surface area contributed by atoms with Gasteiger partial charge in [0, 0.05) is 63.1 Å². The molecule has 4 atom stereocenters. The smallest absolute Gasteiger partial charge is 0.289 e. The van der Waals surface area contributed by atoms with Crippen molar-refractivity contribution >= 4 is 40.4 Å². The number of nitrogens with zero attached hydrogens (tertiary/aromatic N) is 3. The number of benzene rings is 2. The maximum atomic E-state index is 13.8. The van der Waals surface area contributed by atoms with Crippen LogP contribution < -0.4 is 0 Å². The van der Waals surface area contributed by atoms with Crippen LogP contribution in [0.3, 0.4) is 0 Å². The van der Waals surface area contributed by atoms with E-state index in [-0.39, 0.29) is 46.2 Å². The lowest BCUT2D eigenvalue weighted by Gasteiger charge is -2.59. The van der Waals surface area contributed by atoms with Gasteiger partial charge in [0.05, 0.1) is 11.5 Å². The second-order valence-electron chi connectivity index (χ2n) is 11.9. The first-order chi connectivity index (χ1) is 18.3. The summed E-state index contributed by atoms with van der Waals surface area (Å²) in [5, 5.41) is 11.9. The van der Waals surface area contributed by atoms with Gasteiger partial charge in [-0.25, -0.2) is 8.42 Å². The normalized spacial score (nSPS) is 25.0. The van der Waals surface area contributed by atoms with E-state index in [2.05, 4.69) is 66.8 Å². The zero-order valence-electron chi connectivity index (χ0n) is 23.4. The summed E-state index contributed by atoms with van der Waals surface area (Å²) in [6.07, 6.45) is 1.53. The van der Waals surface area contributed by atoms with Gasteiger partial charge in [-0.05, 0) is 48.6 Å². The van der Waals surface area contributed by atoms with E-state index in [0.29, 0.717) is 26.2 Å². The fourth-order valence-corrected chi connectivity index (χ4v) is 8.13. The van der Waals surface area contributed by atoms with E-state index in [0.717, 1.165) is 16.5 Å². The number of nitro groups is 1. The second-order valence-corrected chi connectivity index (χ2v) is 18.6. The van der Waals surface area contributed by atoms with Crippen LogP contribution in [0.2, 0.25) is 18.1 Å². The number of para-hydroxylation sites is 1. The molecule has 2 saturated heterocycles. The van der Waals surface area contributed by atoms with Gasteiger partial charge in [-0.3, -0.25) is 15.0 Å². The molecule has 2 aromatic rings. The van der Waals surface area contributed by atoms with Gasteiger partial charge in [0.15, 0.2) is 4.90 Å². The van der Waals surface area contributed by atoms with E-state index in [9.17, 15) is 18.5 Å². The Kier molecular flexibility index (Phi) is 9.39.